The van der Waals surface area contributed by atoms with Crippen molar-refractivity contribution in [3.63, 3.8) is 0 Å². The number of nitrogens with one attached hydrogen (secondary N) is 1. The van der Waals surface area contributed by atoms with E-state index in [1.807, 2.05) is 30.3 Å². The summed E-state index contributed by atoms with van der Waals surface area (Å²) >= 11 is 13.0. The molecular formula is C34H34Cl2FN3O5S. The number of rotatable bonds is 14. The fraction of sp³-hybridized carbons (Fsp3) is 0.235. The number of amides is 2. The van der Waals surface area contributed by atoms with Gasteiger partial charge in [-0.1, -0.05) is 59.6 Å². The van der Waals surface area contributed by atoms with E-state index in [9.17, 15) is 22.4 Å². The molecule has 4 aromatic carbocycles. The van der Waals surface area contributed by atoms with Crippen LogP contribution in [-0.2, 0) is 32.6 Å². The van der Waals surface area contributed by atoms with Crippen LogP contribution in [0.3, 0.4) is 0 Å². The first-order valence-corrected chi connectivity index (χ1v) is 16.8. The lowest BCUT2D eigenvalue weighted by atomic mass is 10.0. The van der Waals surface area contributed by atoms with E-state index in [4.69, 9.17) is 27.9 Å². The first-order valence-electron chi connectivity index (χ1n) is 14.6. The van der Waals surface area contributed by atoms with Crippen LogP contribution in [0.15, 0.2) is 102 Å². The lowest BCUT2D eigenvalue weighted by Gasteiger charge is -2.34. The van der Waals surface area contributed by atoms with E-state index >= 15 is 0 Å². The predicted octanol–water partition coefficient (Wildman–Crippen LogP) is 6.50. The van der Waals surface area contributed by atoms with Gasteiger partial charge in [0.25, 0.3) is 10.0 Å². The second-order valence-electron chi connectivity index (χ2n) is 10.2. The quantitative estimate of drug-likeness (QED) is 0.163. The number of ether oxygens (including phenoxy) is 1. The first kappa shape index (κ1) is 34.7. The Kier molecular flexibility index (Phi) is 12.0. The molecule has 0 aromatic heterocycles. The van der Waals surface area contributed by atoms with Crippen LogP contribution >= 0.6 is 23.2 Å². The van der Waals surface area contributed by atoms with Gasteiger partial charge in [-0.3, -0.25) is 13.9 Å². The summed E-state index contributed by atoms with van der Waals surface area (Å²) in [4.78, 5) is 29.2. The maximum atomic E-state index is 14.4. The van der Waals surface area contributed by atoms with Crippen LogP contribution in [0.4, 0.5) is 10.1 Å². The molecule has 2 amide bonds. The first-order chi connectivity index (χ1) is 22.0. The Morgan fingerprint density at radius 3 is 2.09 bits per heavy atom. The number of hydrogen-bond donors (Lipinski definition) is 1. The molecule has 0 aliphatic heterocycles. The smallest absolute Gasteiger partial charge is 0.264 e. The minimum Gasteiger partial charge on any atom is -0.494 e. The summed E-state index contributed by atoms with van der Waals surface area (Å²) in [6.07, 6.45) is 0.128. The molecule has 0 aliphatic rings. The Bertz CT molecular complexity index is 1720. The van der Waals surface area contributed by atoms with E-state index in [1.54, 1.807) is 32.0 Å². The number of carbonyl (C=O) groups is 2. The molecule has 1 N–H and O–H groups in total. The summed E-state index contributed by atoms with van der Waals surface area (Å²) in [5, 5.41) is 3.35. The molecule has 1 atom stereocenters. The molecule has 4 rings (SSSR count). The number of nitrogens with zero attached hydrogens (tertiary/aromatic N) is 2. The minimum atomic E-state index is -4.38. The average Bonchev–Trinajstić information content (AvgIpc) is 3.04. The molecule has 12 heteroatoms. The molecular weight excluding hydrogens is 652 g/mol. The Labute approximate surface area is 278 Å². The van der Waals surface area contributed by atoms with Crippen molar-refractivity contribution in [2.75, 3.05) is 24.0 Å². The van der Waals surface area contributed by atoms with Gasteiger partial charge in [0.15, 0.2) is 0 Å². The van der Waals surface area contributed by atoms with Gasteiger partial charge >= 0.3 is 0 Å². The van der Waals surface area contributed by atoms with Crippen LogP contribution in [0, 0.1) is 5.82 Å². The van der Waals surface area contributed by atoms with E-state index in [0.29, 0.717) is 24.5 Å². The van der Waals surface area contributed by atoms with Crippen LogP contribution in [0.25, 0.3) is 0 Å². The number of sulfonamides is 1. The van der Waals surface area contributed by atoms with Crippen molar-refractivity contribution in [2.24, 2.45) is 0 Å². The van der Waals surface area contributed by atoms with Crippen molar-refractivity contribution < 1.29 is 27.1 Å². The number of likely N-dealkylation sites (N-methyl/N-ethyl adjacent to an activating group) is 1. The van der Waals surface area contributed by atoms with Crippen molar-refractivity contribution in [1.82, 2.24) is 10.2 Å². The molecule has 0 fully saturated rings. The van der Waals surface area contributed by atoms with Gasteiger partial charge in [0.05, 0.1) is 17.2 Å². The van der Waals surface area contributed by atoms with Gasteiger partial charge in [-0.25, -0.2) is 12.8 Å². The maximum Gasteiger partial charge on any atom is 0.264 e. The zero-order valence-electron chi connectivity index (χ0n) is 25.3. The van der Waals surface area contributed by atoms with E-state index in [-0.39, 0.29) is 33.6 Å². The molecule has 0 unspecified atom stereocenters. The van der Waals surface area contributed by atoms with Crippen LogP contribution in [0.5, 0.6) is 5.75 Å². The molecule has 0 aliphatic carbocycles. The second-order valence-corrected chi connectivity index (χ2v) is 12.9. The van der Waals surface area contributed by atoms with Gasteiger partial charge < -0.3 is 15.0 Å². The van der Waals surface area contributed by atoms with Crippen LogP contribution in [0.1, 0.15) is 25.0 Å². The molecule has 0 spiro atoms. The Morgan fingerprint density at radius 2 is 1.50 bits per heavy atom. The summed E-state index contributed by atoms with van der Waals surface area (Å²) in [6, 6.07) is 23.5. The topological polar surface area (TPSA) is 96.0 Å². The van der Waals surface area contributed by atoms with Gasteiger partial charge in [-0.2, -0.15) is 0 Å². The fourth-order valence-corrected chi connectivity index (χ4v) is 6.77. The number of halogens is 3. The highest BCUT2D eigenvalue weighted by atomic mass is 35.5. The van der Waals surface area contributed by atoms with Crippen molar-refractivity contribution in [3.05, 3.63) is 124 Å². The molecule has 46 heavy (non-hydrogen) atoms. The summed E-state index contributed by atoms with van der Waals surface area (Å²) in [6.45, 7) is 3.35. The summed E-state index contributed by atoms with van der Waals surface area (Å²) < 4.78 is 48.5. The molecule has 4 aromatic rings. The fourth-order valence-electron chi connectivity index (χ4n) is 4.84. The highest BCUT2D eigenvalue weighted by Crippen LogP contribution is 2.29. The van der Waals surface area contributed by atoms with Gasteiger partial charge in [0, 0.05) is 35.1 Å². The van der Waals surface area contributed by atoms with E-state index in [1.165, 1.54) is 41.3 Å². The van der Waals surface area contributed by atoms with Crippen molar-refractivity contribution in [2.45, 2.75) is 37.8 Å². The van der Waals surface area contributed by atoms with E-state index in [2.05, 4.69) is 5.32 Å². The molecule has 0 saturated carbocycles. The molecule has 242 valence electrons. The largest absolute Gasteiger partial charge is 0.494 e. The average molecular weight is 687 g/mol. The number of carbonyl (C=O) groups excluding carboxylic acids is 2. The standard InChI is InChI=1S/C34H34Cl2FN3O5S/c1-3-38-34(42)32(21-24-9-6-5-7-10-24)39(22-29-30(35)11-8-12-31(29)36)33(41)23-40(26-15-13-25(37)14-16-26)46(43,44)28-19-17-27(18-20-28)45-4-2/h5-20,32H,3-4,21-23H2,1-2H3,(H,38,42)/t32-/m1/s1. The highest BCUT2D eigenvalue weighted by molar-refractivity contribution is 7.92. The number of anilines is 1. The predicted molar refractivity (Wildman–Crippen MR) is 178 cm³/mol. The third-order valence-electron chi connectivity index (χ3n) is 7.13. The van der Waals surface area contributed by atoms with Crippen LogP contribution < -0.4 is 14.4 Å². The Balaban J connectivity index is 1.81. The molecule has 0 heterocycles. The van der Waals surface area contributed by atoms with Gasteiger partial charge in [0.2, 0.25) is 11.8 Å². The summed E-state index contributed by atoms with van der Waals surface area (Å²) in [7, 11) is -4.38. The zero-order valence-corrected chi connectivity index (χ0v) is 27.7. The van der Waals surface area contributed by atoms with Crippen LogP contribution in [0.2, 0.25) is 10.0 Å². The van der Waals surface area contributed by atoms with Gasteiger partial charge in [-0.15, -0.1) is 0 Å². The monoisotopic (exact) mass is 685 g/mol. The van der Waals surface area contributed by atoms with Crippen molar-refractivity contribution in [3.8, 4) is 5.75 Å². The Morgan fingerprint density at radius 1 is 0.870 bits per heavy atom. The molecule has 0 saturated heterocycles. The zero-order chi connectivity index (χ0) is 33.3. The Hall–Kier alpha value is -4.12. The van der Waals surface area contributed by atoms with Gasteiger partial charge in [0.1, 0.15) is 24.2 Å². The third kappa shape index (κ3) is 8.57. The van der Waals surface area contributed by atoms with Crippen LogP contribution in [-0.4, -0.2) is 50.9 Å². The maximum absolute atomic E-state index is 14.4. The molecule has 0 bridgehead atoms. The molecule has 8 nitrogen and oxygen atoms in total. The van der Waals surface area contributed by atoms with E-state index < -0.39 is 40.2 Å². The summed E-state index contributed by atoms with van der Waals surface area (Å²) in [5.41, 5.74) is 1.22. The molecule has 0 radical (unpaired) electrons. The van der Waals surface area contributed by atoms with E-state index in [0.717, 1.165) is 22.0 Å². The third-order valence-corrected chi connectivity index (χ3v) is 9.62. The lowest BCUT2D eigenvalue weighted by Crippen LogP contribution is -2.53. The number of benzene rings is 4. The van der Waals surface area contributed by atoms with Gasteiger partial charge in [-0.05, 0) is 80.1 Å². The second kappa shape index (κ2) is 15.9. The minimum absolute atomic E-state index is 0.0528. The SMILES string of the molecule is CCNC(=O)[C@@H](Cc1ccccc1)N(Cc1c(Cl)cccc1Cl)C(=O)CN(c1ccc(F)cc1)S(=O)(=O)c1ccc(OCC)cc1. The normalized spacial score (nSPS) is 11.8. The summed E-state index contributed by atoms with van der Waals surface area (Å²) in [5.74, 6) is -1.26. The highest BCUT2D eigenvalue weighted by Gasteiger charge is 2.35. The van der Waals surface area contributed by atoms with Crippen molar-refractivity contribution >= 4 is 50.7 Å². The van der Waals surface area contributed by atoms with Crippen molar-refractivity contribution in [1.29, 1.82) is 0 Å². The number of hydrogen-bond acceptors (Lipinski definition) is 5. The lowest BCUT2D eigenvalue weighted by molar-refractivity contribution is -0.140.